The van der Waals surface area contributed by atoms with Crippen LogP contribution in [0.1, 0.15) is 17.2 Å². The minimum Gasteiger partial charge on any atom is -0.380 e. The highest BCUT2D eigenvalue weighted by molar-refractivity contribution is 6.26. The fourth-order valence-corrected chi connectivity index (χ4v) is 7.32. The van der Waals surface area contributed by atoms with E-state index in [2.05, 4.69) is 136 Å². The van der Waals surface area contributed by atoms with E-state index in [9.17, 15) is 0 Å². The first-order chi connectivity index (χ1) is 26.7. The number of nitrogens with zero attached hydrogens (tertiary/aromatic N) is 8. The van der Waals surface area contributed by atoms with Gasteiger partial charge in [-0.3, -0.25) is 9.97 Å². The number of aromatic nitrogens is 8. The van der Waals surface area contributed by atoms with Crippen LogP contribution in [-0.2, 0) is 0 Å². The maximum Gasteiger partial charge on any atom is 0.115 e. The van der Waals surface area contributed by atoms with Crippen molar-refractivity contribution in [1.82, 2.24) is 45.2 Å². The van der Waals surface area contributed by atoms with E-state index in [1.807, 2.05) is 31.0 Å². The molecule has 254 valence electrons. The average molecular weight is 696 g/mol. The smallest absolute Gasteiger partial charge is 0.115 e. The predicted molar refractivity (Wildman–Crippen MR) is 212 cm³/mol. The van der Waals surface area contributed by atoms with Crippen LogP contribution in [0, 0.1) is 0 Å². The first-order valence-corrected chi connectivity index (χ1v) is 17.5. The van der Waals surface area contributed by atoms with Gasteiger partial charge < -0.3 is 5.32 Å². The maximum absolute atomic E-state index is 4.62. The van der Waals surface area contributed by atoms with Gasteiger partial charge in [-0.1, -0.05) is 36.4 Å². The van der Waals surface area contributed by atoms with Gasteiger partial charge in [0, 0.05) is 66.3 Å². The van der Waals surface area contributed by atoms with Gasteiger partial charge in [0.15, 0.2) is 0 Å². The van der Waals surface area contributed by atoms with Crippen molar-refractivity contribution >= 4 is 37.9 Å². The minimum atomic E-state index is -0.0271. The van der Waals surface area contributed by atoms with E-state index in [0.717, 1.165) is 61.5 Å². The summed E-state index contributed by atoms with van der Waals surface area (Å²) in [4.78, 5) is 34.5. The van der Waals surface area contributed by atoms with E-state index < -0.39 is 0 Å². The molecular formula is C45H29N9. The first kappa shape index (κ1) is 31.2. The van der Waals surface area contributed by atoms with Gasteiger partial charge in [0.1, 0.15) is 19.0 Å². The highest BCUT2D eigenvalue weighted by atomic mass is 14.9. The van der Waals surface area contributed by atoms with Gasteiger partial charge in [0.05, 0.1) is 17.4 Å². The van der Waals surface area contributed by atoms with Crippen molar-refractivity contribution < 1.29 is 0 Å². The van der Waals surface area contributed by atoms with Crippen LogP contribution in [0.25, 0.3) is 82.7 Å². The Bertz CT molecular complexity index is 2790. The zero-order chi connectivity index (χ0) is 35.8. The van der Waals surface area contributed by atoms with Crippen LogP contribution in [-0.4, -0.2) is 39.9 Å². The predicted octanol–water partition coefficient (Wildman–Crippen LogP) is 9.22. The Morgan fingerprint density at radius 3 is 1.37 bits per heavy atom. The summed E-state index contributed by atoms with van der Waals surface area (Å²) < 4.78 is 0. The normalized spacial score (nSPS) is 13.9. The molecule has 4 aromatic carbocycles. The second kappa shape index (κ2) is 13.2. The number of benzene rings is 4. The van der Waals surface area contributed by atoms with Crippen molar-refractivity contribution in [3.8, 4) is 44.8 Å². The van der Waals surface area contributed by atoms with Crippen molar-refractivity contribution in [3.05, 3.63) is 177 Å². The number of pyridine rings is 2. The number of fused-ring (bicyclic) bond motifs is 6. The van der Waals surface area contributed by atoms with Crippen LogP contribution in [0.4, 0.5) is 0 Å². The van der Waals surface area contributed by atoms with Gasteiger partial charge in [-0.2, -0.15) is 0 Å². The van der Waals surface area contributed by atoms with Gasteiger partial charge in [0.2, 0.25) is 0 Å². The highest BCUT2D eigenvalue weighted by Crippen LogP contribution is 2.41. The highest BCUT2D eigenvalue weighted by Gasteiger charge is 2.17. The number of allylic oxidation sites excluding steroid dienone is 2. The van der Waals surface area contributed by atoms with Crippen LogP contribution in [0.5, 0.6) is 0 Å². The zero-order valence-corrected chi connectivity index (χ0v) is 28.7. The molecule has 6 heterocycles. The summed E-state index contributed by atoms with van der Waals surface area (Å²) >= 11 is 0. The molecule has 0 radical (unpaired) electrons. The van der Waals surface area contributed by atoms with Gasteiger partial charge in [0.25, 0.3) is 0 Å². The summed E-state index contributed by atoms with van der Waals surface area (Å²) in [6, 6.07) is 28.6. The number of hydrogen-bond acceptors (Lipinski definition) is 9. The van der Waals surface area contributed by atoms with Crippen LogP contribution in [0.15, 0.2) is 166 Å². The molecule has 1 atom stereocenters. The topological polar surface area (TPSA) is 115 Å². The molecule has 0 fully saturated rings. The van der Waals surface area contributed by atoms with Gasteiger partial charge in [-0.15, -0.1) is 0 Å². The Balaban J connectivity index is 1.16. The lowest BCUT2D eigenvalue weighted by atomic mass is 9.88. The SMILES string of the molecule is C1=CC(c2ccc3c(c2)c2ccc(-c4ccnc(-c5cncnc5)c4)cc2c2ccc(-c4ccnc(-c5cncnc5)c4)cc32)=CC(c2cncnc2)N1. The molecule has 0 saturated carbocycles. The Hall–Kier alpha value is -7.52. The number of nitrogens with one attached hydrogen (secondary N) is 1. The Labute approximate surface area is 310 Å². The van der Waals surface area contributed by atoms with Gasteiger partial charge >= 0.3 is 0 Å². The van der Waals surface area contributed by atoms with Gasteiger partial charge in [-0.05, 0) is 127 Å². The molecule has 10 rings (SSSR count). The van der Waals surface area contributed by atoms with E-state index in [1.54, 1.807) is 31.1 Å². The Morgan fingerprint density at radius 1 is 0.407 bits per heavy atom. The molecule has 1 aliphatic heterocycles. The molecule has 9 nitrogen and oxygen atoms in total. The molecule has 9 heteroatoms. The zero-order valence-electron chi connectivity index (χ0n) is 28.7. The summed E-state index contributed by atoms with van der Waals surface area (Å²) in [6.07, 6.45) is 25.5. The quantitative estimate of drug-likeness (QED) is 0.170. The molecule has 1 aliphatic rings. The van der Waals surface area contributed by atoms with Crippen LogP contribution in [0.3, 0.4) is 0 Å². The Morgan fingerprint density at radius 2 is 0.852 bits per heavy atom. The second-order valence-corrected chi connectivity index (χ2v) is 13.2. The van der Waals surface area contributed by atoms with Crippen molar-refractivity contribution in [1.29, 1.82) is 0 Å². The third-order valence-corrected chi connectivity index (χ3v) is 9.99. The van der Waals surface area contributed by atoms with Crippen LogP contribution < -0.4 is 5.32 Å². The lowest BCUT2D eigenvalue weighted by Crippen LogP contribution is -2.16. The molecular weight excluding hydrogens is 667 g/mol. The molecule has 0 amide bonds. The van der Waals surface area contributed by atoms with Crippen LogP contribution in [0.2, 0.25) is 0 Å². The largest absolute Gasteiger partial charge is 0.380 e. The van der Waals surface area contributed by atoms with E-state index >= 15 is 0 Å². The summed E-state index contributed by atoms with van der Waals surface area (Å²) in [5.74, 6) is 0. The van der Waals surface area contributed by atoms with Gasteiger partial charge in [-0.25, -0.2) is 29.9 Å². The maximum atomic E-state index is 4.62. The first-order valence-electron chi connectivity index (χ1n) is 17.5. The lowest BCUT2D eigenvalue weighted by Gasteiger charge is -2.20. The van der Waals surface area contributed by atoms with E-state index in [-0.39, 0.29) is 6.04 Å². The molecule has 54 heavy (non-hydrogen) atoms. The summed E-state index contributed by atoms with van der Waals surface area (Å²) in [5, 5.41) is 10.5. The molecule has 0 spiro atoms. The molecule has 0 bridgehead atoms. The lowest BCUT2D eigenvalue weighted by molar-refractivity contribution is 0.739. The molecule has 5 aromatic heterocycles. The molecule has 1 unspecified atom stereocenters. The van der Waals surface area contributed by atoms with Crippen LogP contribution >= 0.6 is 0 Å². The summed E-state index contributed by atoms with van der Waals surface area (Å²) in [5.41, 5.74) is 11.0. The third kappa shape index (κ3) is 5.70. The number of dihydropyridines is 1. The van der Waals surface area contributed by atoms with Crippen molar-refractivity contribution in [2.45, 2.75) is 6.04 Å². The second-order valence-electron chi connectivity index (χ2n) is 13.2. The minimum absolute atomic E-state index is 0.0271. The van der Waals surface area contributed by atoms with E-state index in [4.69, 9.17) is 0 Å². The van der Waals surface area contributed by atoms with Crippen molar-refractivity contribution in [2.75, 3.05) is 0 Å². The summed E-state index contributed by atoms with van der Waals surface area (Å²) in [6.45, 7) is 0. The van der Waals surface area contributed by atoms with E-state index in [1.165, 1.54) is 45.0 Å². The summed E-state index contributed by atoms with van der Waals surface area (Å²) in [7, 11) is 0. The molecule has 0 aliphatic carbocycles. The van der Waals surface area contributed by atoms with Crippen molar-refractivity contribution in [2.24, 2.45) is 0 Å². The van der Waals surface area contributed by atoms with Crippen molar-refractivity contribution in [3.63, 3.8) is 0 Å². The van der Waals surface area contributed by atoms with E-state index in [0.29, 0.717) is 0 Å². The third-order valence-electron chi connectivity index (χ3n) is 9.99. The number of hydrogen-bond donors (Lipinski definition) is 1. The molecule has 0 saturated heterocycles. The fourth-order valence-electron chi connectivity index (χ4n) is 7.32. The molecule has 1 N–H and O–H groups in total. The monoisotopic (exact) mass is 695 g/mol. The standard InChI is InChI=1S/C45H29N9/c1-4-37-40(13-28(1)31-7-10-52-43(16-31)34-19-46-25-47-20-34)38-5-2-30(33-9-12-54-45(18-33)36-23-50-27-51-24-36)15-42(38)39-6-3-29(14-41(37)39)32-8-11-53-44(17-32)35-21-48-26-49-22-35/h1-27,43,52H. The average Bonchev–Trinajstić information content (AvgIpc) is 3.27. The molecule has 9 aromatic rings. The fraction of sp³-hybridized carbons (Fsp3) is 0.0222. The Kier molecular flexibility index (Phi) is 7.65. The number of rotatable bonds is 6.